The Morgan fingerprint density at radius 3 is 2.50 bits per heavy atom. The Kier molecular flexibility index (Phi) is 5.83. The summed E-state index contributed by atoms with van der Waals surface area (Å²) in [5.41, 5.74) is -1.87. The molecule has 0 spiro atoms. The summed E-state index contributed by atoms with van der Waals surface area (Å²) in [5.74, 6) is -2.26. The molecule has 194 valence electrons. The second kappa shape index (κ2) is 8.63. The summed E-state index contributed by atoms with van der Waals surface area (Å²) in [6.07, 6.45) is 2.09. The quantitative estimate of drug-likeness (QED) is 0.613. The van der Waals surface area contributed by atoms with Crippen LogP contribution in [0.2, 0.25) is 0 Å². The van der Waals surface area contributed by atoms with Crippen molar-refractivity contribution in [3.63, 3.8) is 0 Å². The number of amides is 1. The van der Waals surface area contributed by atoms with Crippen LogP contribution in [0.3, 0.4) is 0 Å². The van der Waals surface area contributed by atoms with Crippen molar-refractivity contribution < 1.29 is 33.0 Å². The fraction of sp³-hybridized carbons (Fsp3) is 0.560. The highest BCUT2D eigenvalue weighted by Gasteiger charge is 2.44. The SMILES string of the molecule is CC(C)(C)OC(=O)N1CCC[C@H]2CN(c3c(F)cc4c(=O)c(OC(=O)O)cn(C5CC5)c4c3F)C[C@H]21. The normalized spacial score (nSPS) is 22.0. The minimum atomic E-state index is -1.68. The molecule has 9 nitrogen and oxygen atoms in total. The number of nitrogens with zero attached hydrogens (tertiary/aromatic N) is 3. The highest BCUT2D eigenvalue weighted by molar-refractivity contribution is 5.86. The number of benzene rings is 1. The maximum atomic E-state index is 16.1. The number of piperidine rings is 1. The van der Waals surface area contributed by atoms with Crippen molar-refractivity contribution in [2.75, 3.05) is 24.5 Å². The van der Waals surface area contributed by atoms with Gasteiger partial charge >= 0.3 is 12.2 Å². The molecule has 1 aliphatic carbocycles. The molecule has 3 aliphatic rings. The lowest BCUT2D eigenvalue weighted by Gasteiger charge is -2.37. The molecule has 0 radical (unpaired) electrons. The standard InChI is InChI=1S/C25H29F2N3O6/c1-25(2,3)36-23(32)29-8-4-5-13-10-28(11-17(13)29)21-16(26)9-15-20(19(21)27)30(14-6-7-14)12-18(22(15)31)35-24(33)34/h9,12-14,17H,4-8,10-11H2,1-3H3,(H,33,34)/t13-,17+/m0/s1. The summed E-state index contributed by atoms with van der Waals surface area (Å²) < 4.78 is 43.1. The molecule has 2 saturated heterocycles. The molecule has 2 aliphatic heterocycles. The summed E-state index contributed by atoms with van der Waals surface area (Å²) in [5, 5.41) is 8.70. The largest absolute Gasteiger partial charge is 0.511 e. The van der Waals surface area contributed by atoms with Crippen molar-refractivity contribution in [3.05, 3.63) is 34.1 Å². The van der Waals surface area contributed by atoms with Crippen molar-refractivity contribution in [1.29, 1.82) is 0 Å². The number of anilines is 1. The molecule has 3 heterocycles. The number of hydrogen-bond donors (Lipinski definition) is 1. The van der Waals surface area contributed by atoms with Gasteiger partial charge in [0.25, 0.3) is 0 Å². The number of halogens is 2. The molecular weight excluding hydrogens is 476 g/mol. The average Bonchev–Trinajstić information content (AvgIpc) is 3.52. The van der Waals surface area contributed by atoms with Gasteiger partial charge in [-0.3, -0.25) is 4.79 Å². The summed E-state index contributed by atoms with van der Waals surface area (Å²) in [4.78, 5) is 39.9. The molecule has 1 aromatic heterocycles. The molecule has 11 heteroatoms. The molecule has 1 amide bonds. The van der Waals surface area contributed by atoms with E-state index in [4.69, 9.17) is 9.84 Å². The summed E-state index contributed by atoms with van der Waals surface area (Å²) in [6.45, 7) is 6.48. The number of likely N-dealkylation sites (tertiary alicyclic amines) is 1. The third-order valence-corrected chi connectivity index (χ3v) is 7.01. The molecule has 1 aromatic carbocycles. The summed E-state index contributed by atoms with van der Waals surface area (Å²) in [6, 6.07) is 0.568. The van der Waals surface area contributed by atoms with Gasteiger partial charge < -0.3 is 28.9 Å². The van der Waals surface area contributed by atoms with Crippen LogP contribution >= 0.6 is 0 Å². The predicted octanol–water partition coefficient (Wildman–Crippen LogP) is 4.51. The Labute approximate surface area is 206 Å². The molecule has 3 fully saturated rings. The van der Waals surface area contributed by atoms with Gasteiger partial charge in [-0.2, -0.15) is 0 Å². The van der Waals surface area contributed by atoms with Crippen LogP contribution in [0.5, 0.6) is 5.75 Å². The minimum absolute atomic E-state index is 0.0257. The van der Waals surface area contributed by atoms with Crippen molar-refractivity contribution in [2.24, 2.45) is 5.92 Å². The second-order valence-corrected chi connectivity index (χ2v) is 10.8. The third-order valence-electron chi connectivity index (χ3n) is 7.01. The molecule has 5 rings (SSSR count). The van der Waals surface area contributed by atoms with E-state index in [1.165, 1.54) is 10.8 Å². The van der Waals surface area contributed by atoms with Crippen LogP contribution in [-0.2, 0) is 4.74 Å². The van der Waals surface area contributed by atoms with Crippen molar-refractivity contribution in [1.82, 2.24) is 9.47 Å². The Bertz CT molecular complexity index is 1300. The topological polar surface area (TPSA) is 101 Å². The van der Waals surface area contributed by atoms with E-state index in [1.54, 1.807) is 30.6 Å². The average molecular weight is 506 g/mol. The van der Waals surface area contributed by atoms with Crippen LogP contribution < -0.4 is 15.1 Å². The minimum Gasteiger partial charge on any atom is -0.449 e. The summed E-state index contributed by atoms with van der Waals surface area (Å²) >= 11 is 0. The van der Waals surface area contributed by atoms with Gasteiger partial charge in [-0.05, 0) is 58.4 Å². The van der Waals surface area contributed by atoms with Crippen molar-refractivity contribution in [2.45, 2.75) is 64.1 Å². The fourth-order valence-electron chi connectivity index (χ4n) is 5.41. The maximum absolute atomic E-state index is 16.1. The number of fused-ring (bicyclic) bond motifs is 2. The van der Waals surface area contributed by atoms with Gasteiger partial charge in [0.15, 0.2) is 11.6 Å². The number of carboxylic acid groups (broad SMARTS) is 1. The smallest absolute Gasteiger partial charge is 0.449 e. The second-order valence-electron chi connectivity index (χ2n) is 10.8. The van der Waals surface area contributed by atoms with Crippen LogP contribution in [0.15, 0.2) is 17.1 Å². The van der Waals surface area contributed by atoms with E-state index >= 15 is 8.78 Å². The fourth-order valence-corrected chi connectivity index (χ4v) is 5.41. The number of pyridine rings is 1. The van der Waals surface area contributed by atoms with Gasteiger partial charge in [-0.25, -0.2) is 18.4 Å². The van der Waals surface area contributed by atoms with Crippen molar-refractivity contribution in [3.8, 4) is 5.75 Å². The zero-order valence-electron chi connectivity index (χ0n) is 20.4. The number of carbonyl (C=O) groups is 2. The van der Waals surface area contributed by atoms with Gasteiger partial charge in [0.2, 0.25) is 5.43 Å². The molecule has 0 unspecified atom stereocenters. The Hall–Kier alpha value is -3.37. The van der Waals surface area contributed by atoms with E-state index in [2.05, 4.69) is 4.74 Å². The van der Waals surface area contributed by atoms with Crippen LogP contribution in [0.4, 0.5) is 24.1 Å². The van der Waals surface area contributed by atoms with Gasteiger partial charge in [-0.15, -0.1) is 0 Å². The zero-order valence-corrected chi connectivity index (χ0v) is 20.4. The first-order chi connectivity index (χ1) is 16.9. The summed E-state index contributed by atoms with van der Waals surface area (Å²) in [7, 11) is 0. The molecular formula is C25H29F2N3O6. The first kappa shape index (κ1) is 24.3. The van der Waals surface area contributed by atoms with E-state index in [0.29, 0.717) is 13.1 Å². The molecule has 1 N–H and O–H groups in total. The Morgan fingerprint density at radius 1 is 1.14 bits per heavy atom. The van der Waals surface area contributed by atoms with E-state index in [1.807, 2.05) is 0 Å². The van der Waals surface area contributed by atoms with Gasteiger partial charge in [0, 0.05) is 25.7 Å². The lowest BCUT2D eigenvalue weighted by molar-refractivity contribution is 0.00668. The van der Waals surface area contributed by atoms with Crippen molar-refractivity contribution >= 4 is 28.8 Å². The Balaban J connectivity index is 1.54. The molecule has 1 saturated carbocycles. The van der Waals surface area contributed by atoms with Crippen LogP contribution in [0.1, 0.15) is 52.5 Å². The first-order valence-corrected chi connectivity index (χ1v) is 12.2. The van der Waals surface area contributed by atoms with E-state index in [9.17, 15) is 14.4 Å². The van der Waals surface area contributed by atoms with Crippen LogP contribution in [0.25, 0.3) is 10.9 Å². The maximum Gasteiger partial charge on any atom is 0.511 e. The highest BCUT2D eigenvalue weighted by Crippen LogP contribution is 2.42. The number of hydrogen-bond acceptors (Lipinski definition) is 6. The zero-order chi connectivity index (χ0) is 25.9. The van der Waals surface area contributed by atoms with E-state index < -0.39 is 40.7 Å². The van der Waals surface area contributed by atoms with Gasteiger partial charge in [0.05, 0.1) is 23.1 Å². The number of aromatic nitrogens is 1. The lowest BCUT2D eigenvalue weighted by Crippen LogP contribution is -2.50. The Morgan fingerprint density at radius 2 is 1.86 bits per heavy atom. The highest BCUT2D eigenvalue weighted by atomic mass is 19.1. The van der Waals surface area contributed by atoms with Gasteiger partial charge in [0.1, 0.15) is 17.1 Å². The molecule has 2 atom stereocenters. The number of rotatable bonds is 3. The van der Waals surface area contributed by atoms with Crippen LogP contribution in [0, 0.1) is 17.6 Å². The lowest BCUT2D eigenvalue weighted by atomic mass is 9.92. The molecule has 0 bridgehead atoms. The monoisotopic (exact) mass is 505 g/mol. The van der Waals surface area contributed by atoms with E-state index in [-0.39, 0.29) is 41.1 Å². The van der Waals surface area contributed by atoms with E-state index in [0.717, 1.165) is 31.7 Å². The predicted molar refractivity (Wildman–Crippen MR) is 127 cm³/mol. The molecule has 36 heavy (non-hydrogen) atoms. The third kappa shape index (κ3) is 4.35. The molecule has 2 aromatic rings. The van der Waals surface area contributed by atoms with Crippen LogP contribution in [-0.4, -0.2) is 58.1 Å². The first-order valence-electron chi connectivity index (χ1n) is 12.2. The number of ether oxygens (including phenoxy) is 2. The van der Waals surface area contributed by atoms with Gasteiger partial charge in [-0.1, -0.05) is 0 Å². The number of carbonyl (C=O) groups excluding carboxylic acids is 1.